The average molecular weight is 359 g/mol. The Balaban J connectivity index is 2.09. The Morgan fingerprint density at radius 2 is 2.05 bits per heavy atom. The van der Waals surface area contributed by atoms with Crippen LogP contribution in [0.4, 0.5) is 4.39 Å². The van der Waals surface area contributed by atoms with E-state index < -0.39 is 5.82 Å². The smallest absolute Gasteiger partial charge is 0.148 e. The number of benzene rings is 2. The van der Waals surface area contributed by atoms with E-state index in [4.69, 9.17) is 22.1 Å². The Kier molecular flexibility index (Phi) is 5.40. The summed E-state index contributed by atoms with van der Waals surface area (Å²) in [6, 6.07) is 10.6. The highest BCUT2D eigenvalue weighted by atomic mass is 79.9. The first-order chi connectivity index (χ1) is 9.61. The van der Waals surface area contributed by atoms with Crippen molar-refractivity contribution in [2.45, 2.75) is 13.0 Å². The van der Waals surface area contributed by atoms with Gasteiger partial charge in [0, 0.05) is 5.56 Å². The van der Waals surface area contributed by atoms with Gasteiger partial charge in [-0.3, -0.25) is 0 Å². The van der Waals surface area contributed by atoms with Crippen molar-refractivity contribution < 1.29 is 9.13 Å². The molecule has 2 rings (SSSR count). The van der Waals surface area contributed by atoms with Gasteiger partial charge in [-0.2, -0.15) is 0 Å². The monoisotopic (exact) mass is 357 g/mol. The predicted molar refractivity (Wildman–Crippen MR) is 82.6 cm³/mol. The summed E-state index contributed by atoms with van der Waals surface area (Å²) in [6.45, 7) is 0.724. The first-order valence-electron chi connectivity index (χ1n) is 6.16. The van der Waals surface area contributed by atoms with Crippen LogP contribution < -0.4 is 10.5 Å². The molecule has 0 aliphatic heterocycles. The molecule has 0 bridgehead atoms. The molecule has 2 nitrogen and oxygen atoms in total. The van der Waals surface area contributed by atoms with Crippen molar-refractivity contribution in [1.82, 2.24) is 0 Å². The summed E-state index contributed by atoms with van der Waals surface area (Å²) in [5.41, 5.74) is 7.07. The lowest BCUT2D eigenvalue weighted by Gasteiger charge is -2.10. The van der Waals surface area contributed by atoms with Crippen molar-refractivity contribution >= 4 is 27.5 Å². The highest BCUT2D eigenvalue weighted by molar-refractivity contribution is 9.10. The van der Waals surface area contributed by atoms with Gasteiger partial charge in [0.1, 0.15) is 18.2 Å². The highest BCUT2D eigenvalue weighted by Gasteiger charge is 2.08. The minimum atomic E-state index is -0.440. The normalized spacial score (nSPS) is 10.6. The number of hydrogen-bond donors (Lipinski definition) is 1. The van der Waals surface area contributed by atoms with Crippen LogP contribution in [0.3, 0.4) is 0 Å². The van der Waals surface area contributed by atoms with Crippen LogP contribution in [0.5, 0.6) is 5.75 Å². The standard InChI is InChI=1S/C15H14BrClFNO/c16-12-8-10(6-7-19)4-5-14(12)20-9-11-2-1-3-13(17)15(11)18/h1-5,8H,6-7,9,19H2. The van der Waals surface area contributed by atoms with Crippen LogP contribution in [0.2, 0.25) is 5.02 Å². The van der Waals surface area contributed by atoms with Gasteiger partial charge in [-0.25, -0.2) is 4.39 Å². The molecule has 0 atom stereocenters. The molecule has 0 saturated heterocycles. The van der Waals surface area contributed by atoms with Crippen molar-refractivity contribution in [3.05, 3.63) is 62.8 Å². The Morgan fingerprint density at radius 1 is 1.25 bits per heavy atom. The molecule has 2 aromatic rings. The van der Waals surface area contributed by atoms with Crippen LogP contribution in [-0.2, 0) is 13.0 Å². The second-order valence-electron chi connectivity index (χ2n) is 4.31. The van der Waals surface area contributed by atoms with Crippen LogP contribution >= 0.6 is 27.5 Å². The molecular weight excluding hydrogens is 345 g/mol. The van der Waals surface area contributed by atoms with E-state index in [1.165, 1.54) is 6.07 Å². The lowest BCUT2D eigenvalue weighted by molar-refractivity contribution is 0.298. The topological polar surface area (TPSA) is 35.2 Å². The Hall–Kier alpha value is -1.10. The molecule has 0 saturated carbocycles. The summed E-state index contributed by atoms with van der Waals surface area (Å²) in [5.74, 6) is 0.218. The third-order valence-electron chi connectivity index (χ3n) is 2.84. The Bertz CT molecular complexity index is 606. The molecule has 2 aromatic carbocycles. The van der Waals surface area contributed by atoms with E-state index in [9.17, 15) is 4.39 Å². The van der Waals surface area contributed by atoms with Gasteiger partial charge >= 0.3 is 0 Å². The summed E-state index contributed by atoms with van der Waals surface area (Å²) in [6.07, 6.45) is 0.807. The van der Waals surface area contributed by atoms with Gasteiger partial charge in [0.15, 0.2) is 0 Å². The fraction of sp³-hybridized carbons (Fsp3) is 0.200. The van der Waals surface area contributed by atoms with Crippen LogP contribution in [0.15, 0.2) is 40.9 Å². The second-order valence-corrected chi connectivity index (χ2v) is 5.57. The third kappa shape index (κ3) is 3.72. The van der Waals surface area contributed by atoms with Crippen LogP contribution in [0, 0.1) is 5.82 Å². The summed E-state index contributed by atoms with van der Waals surface area (Å²) in [5, 5.41) is 0.100. The van der Waals surface area contributed by atoms with E-state index in [2.05, 4.69) is 15.9 Å². The van der Waals surface area contributed by atoms with Gasteiger partial charge < -0.3 is 10.5 Å². The fourth-order valence-corrected chi connectivity index (χ4v) is 2.53. The maximum Gasteiger partial charge on any atom is 0.148 e. The molecule has 5 heteroatoms. The third-order valence-corrected chi connectivity index (χ3v) is 3.76. The van der Waals surface area contributed by atoms with Crippen molar-refractivity contribution in [2.75, 3.05) is 6.54 Å². The number of rotatable bonds is 5. The molecule has 0 aliphatic carbocycles. The van der Waals surface area contributed by atoms with Crippen molar-refractivity contribution in [1.29, 1.82) is 0 Å². The number of hydrogen-bond acceptors (Lipinski definition) is 2. The van der Waals surface area contributed by atoms with E-state index >= 15 is 0 Å². The SMILES string of the molecule is NCCc1ccc(OCc2cccc(Cl)c2F)c(Br)c1. The second kappa shape index (κ2) is 7.07. The van der Waals surface area contributed by atoms with Crippen molar-refractivity contribution in [2.24, 2.45) is 5.73 Å². The molecule has 0 aliphatic rings. The minimum absolute atomic E-state index is 0.100. The van der Waals surface area contributed by atoms with E-state index in [1.807, 2.05) is 18.2 Å². The van der Waals surface area contributed by atoms with Crippen LogP contribution in [0.1, 0.15) is 11.1 Å². The van der Waals surface area contributed by atoms with Crippen molar-refractivity contribution in [3.8, 4) is 5.75 Å². The zero-order valence-corrected chi connectivity index (χ0v) is 13.0. The summed E-state index contributed by atoms with van der Waals surface area (Å²) < 4.78 is 20.2. The molecule has 0 fully saturated rings. The first kappa shape index (κ1) is 15.3. The molecule has 106 valence electrons. The molecule has 0 aromatic heterocycles. The molecule has 0 unspecified atom stereocenters. The summed E-state index contributed by atoms with van der Waals surface area (Å²) in [4.78, 5) is 0. The Labute approximate surface area is 130 Å². The number of nitrogens with two attached hydrogens (primary N) is 1. The van der Waals surface area contributed by atoms with E-state index in [0.29, 0.717) is 17.9 Å². The quantitative estimate of drug-likeness (QED) is 0.864. The molecule has 0 heterocycles. The first-order valence-corrected chi connectivity index (χ1v) is 7.33. The zero-order valence-electron chi connectivity index (χ0n) is 10.7. The Morgan fingerprint density at radius 3 is 2.75 bits per heavy atom. The molecule has 0 radical (unpaired) electrons. The molecule has 0 spiro atoms. The van der Waals surface area contributed by atoms with Gasteiger partial charge in [0.05, 0.1) is 9.50 Å². The average Bonchev–Trinajstić information content (AvgIpc) is 2.42. The summed E-state index contributed by atoms with van der Waals surface area (Å²) >= 11 is 9.17. The minimum Gasteiger partial charge on any atom is -0.488 e. The van der Waals surface area contributed by atoms with Gasteiger partial charge in [-0.15, -0.1) is 0 Å². The summed E-state index contributed by atoms with van der Waals surface area (Å²) in [7, 11) is 0. The van der Waals surface area contributed by atoms with E-state index in [1.54, 1.807) is 12.1 Å². The predicted octanol–water partition coefficient (Wildman–Crippen LogP) is 4.32. The van der Waals surface area contributed by atoms with Crippen molar-refractivity contribution in [3.63, 3.8) is 0 Å². The zero-order chi connectivity index (χ0) is 14.5. The fourth-order valence-electron chi connectivity index (χ4n) is 1.80. The van der Waals surface area contributed by atoms with Crippen LogP contribution in [0.25, 0.3) is 0 Å². The molecule has 20 heavy (non-hydrogen) atoms. The highest BCUT2D eigenvalue weighted by Crippen LogP contribution is 2.27. The van der Waals surface area contributed by atoms with Crippen LogP contribution in [-0.4, -0.2) is 6.54 Å². The maximum atomic E-state index is 13.7. The molecule has 0 amide bonds. The number of ether oxygens (including phenoxy) is 1. The maximum absolute atomic E-state index is 13.7. The van der Waals surface area contributed by atoms with Gasteiger partial charge in [-0.05, 0) is 52.7 Å². The van der Waals surface area contributed by atoms with E-state index in [0.717, 1.165) is 16.5 Å². The van der Waals surface area contributed by atoms with E-state index in [-0.39, 0.29) is 11.6 Å². The van der Waals surface area contributed by atoms with Gasteiger partial charge in [-0.1, -0.05) is 29.8 Å². The molecular formula is C15H14BrClFNO. The largest absolute Gasteiger partial charge is 0.488 e. The van der Waals surface area contributed by atoms with Gasteiger partial charge in [0.25, 0.3) is 0 Å². The van der Waals surface area contributed by atoms with Gasteiger partial charge in [0.2, 0.25) is 0 Å². The lowest BCUT2D eigenvalue weighted by atomic mass is 10.1. The lowest BCUT2D eigenvalue weighted by Crippen LogP contribution is -2.03. The molecule has 2 N–H and O–H groups in total. The number of halogens is 3.